The van der Waals surface area contributed by atoms with Gasteiger partial charge in [-0.1, -0.05) is 42.8 Å². The molecule has 5 nitrogen and oxygen atoms in total. The lowest BCUT2D eigenvalue weighted by molar-refractivity contribution is -0.217. The maximum absolute atomic E-state index is 13.0. The third-order valence-electron chi connectivity index (χ3n) is 7.92. The summed E-state index contributed by atoms with van der Waals surface area (Å²) in [7, 11) is 0. The zero-order chi connectivity index (χ0) is 22.5. The van der Waals surface area contributed by atoms with Crippen molar-refractivity contribution in [3.8, 4) is 0 Å². The van der Waals surface area contributed by atoms with Crippen molar-refractivity contribution < 1.29 is 23.8 Å². The summed E-state index contributed by atoms with van der Waals surface area (Å²) in [6, 6.07) is 9.73. The topological polar surface area (TPSA) is 61.8 Å². The van der Waals surface area contributed by atoms with Gasteiger partial charge in [-0.15, -0.1) is 0 Å². The number of rotatable bonds is 6. The molecule has 170 valence electrons. The molecule has 32 heavy (non-hydrogen) atoms. The molecular weight excluding hydrogens is 404 g/mol. The predicted octanol–water partition coefficient (Wildman–Crippen LogP) is 5.00. The molecule has 0 spiro atoms. The first kappa shape index (κ1) is 21.4. The normalized spacial score (nSPS) is 35.8. The van der Waals surface area contributed by atoms with Gasteiger partial charge in [-0.2, -0.15) is 0 Å². The SMILES string of the molecule is CCC(=O)OC1CC2(C3CC3)OC1(C)C1CCC(C)=C1C2OC(=O)/C=C/c1ccccc1. The molecule has 0 radical (unpaired) electrons. The summed E-state index contributed by atoms with van der Waals surface area (Å²) < 4.78 is 19.0. The van der Waals surface area contributed by atoms with Gasteiger partial charge in [0.1, 0.15) is 17.3 Å². The molecule has 2 aliphatic heterocycles. The fourth-order valence-corrected chi connectivity index (χ4v) is 6.17. The van der Waals surface area contributed by atoms with Gasteiger partial charge in [0, 0.05) is 24.8 Å². The van der Waals surface area contributed by atoms with Gasteiger partial charge in [0.05, 0.1) is 0 Å². The van der Waals surface area contributed by atoms with Crippen LogP contribution in [0.15, 0.2) is 47.6 Å². The summed E-state index contributed by atoms with van der Waals surface area (Å²) in [6.07, 6.45) is 7.49. The Morgan fingerprint density at radius 2 is 1.91 bits per heavy atom. The first-order valence-electron chi connectivity index (χ1n) is 11.9. The van der Waals surface area contributed by atoms with E-state index in [-0.39, 0.29) is 24.0 Å². The number of carbonyl (C=O) groups excluding carboxylic acids is 2. The number of esters is 2. The van der Waals surface area contributed by atoms with Crippen molar-refractivity contribution in [2.45, 2.75) is 82.7 Å². The Morgan fingerprint density at radius 3 is 2.59 bits per heavy atom. The van der Waals surface area contributed by atoms with E-state index in [1.54, 1.807) is 6.08 Å². The Labute approximate surface area is 189 Å². The van der Waals surface area contributed by atoms with Crippen LogP contribution in [0, 0.1) is 11.8 Å². The molecule has 0 N–H and O–H groups in total. The summed E-state index contributed by atoms with van der Waals surface area (Å²) in [4.78, 5) is 25.2. The first-order valence-corrected chi connectivity index (χ1v) is 11.9. The molecule has 3 fully saturated rings. The third-order valence-corrected chi connectivity index (χ3v) is 7.92. The smallest absolute Gasteiger partial charge is 0.331 e. The van der Waals surface area contributed by atoms with E-state index in [0.717, 1.165) is 31.2 Å². The van der Waals surface area contributed by atoms with E-state index in [0.29, 0.717) is 18.8 Å². The highest BCUT2D eigenvalue weighted by molar-refractivity contribution is 5.87. The van der Waals surface area contributed by atoms with Gasteiger partial charge in [0.15, 0.2) is 6.10 Å². The molecule has 1 aromatic rings. The van der Waals surface area contributed by atoms with Crippen LogP contribution in [0.4, 0.5) is 0 Å². The number of hydrogen-bond acceptors (Lipinski definition) is 5. The second-order valence-corrected chi connectivity index (χ2v) is 9.94. The summed E-state index contributed by atoms with van der Waals surface area (Å²) in [5, 5.41) is 0. The number of fused-ring (bicyclic) bond motifs is 4. The number of benzene rings is 1. The van der Waals surface area contributed by atoms with Crippen LogP contribution < -0.4 is 0 Å². The second kappa shape index (κ2) is 7.87. The van der Waals surface area contributed by atoms with Crippen LogP contribution in [0.25, 0.3) is 6.08 Å². The highest BCUT2D eigenvalue weighted by Gasteiger charge is 2.72. The van der Waals surface area contributed by atoms with E-state index in [9.17, 15) is 9.59 Å². The maximum Gasteiger partial charge on any atom is 0.331 e. The molecule has 0 amide bonds. The van der Waals surface area contributed by atoms with Crippen molar-refractivity contribution in [2.75, 3.05) is 0 Å². The molecule has 0 aromatic heterocycles. The molecule has 2 saturated heterocycles. The summed E-state index contributed by atoms with van der Waals surface area (Å²) in [6.45, 7) is 6.07. The Balaban J connectivity index is 1.48. The Bertz CT molecular complexity index is 975. The zero-order valence-electron chi connectivity index (χ0n) is 19.1. The Hall–Kier alpha value is -2.40. The third kappa shape index (κ3) is 3.42. The van der Waals surface area contributed by atoms with E-state index in [2.05, 4.69) is 13.8 Å². The average molecular weight is 437 g/mol. The lowest BCUT2D eigenvalue weighted by Gasteiger charge is -2.48. The fourth-order valence-electron chi connectivity index (χ4n) is 6.17. The molecule has 5 unspecified atom stereocenters. The molecule has 1 saturated carbocycles. The van der Waals surface area contributed by atoms with E-state index in [1.165, 1.54) is 17.2 Å². The largest absolute Gasteiger partial charge is 0.459 e. The summed E-state index contributed by atoms with van der Waals surface area (Å²) >= 11 is 0. The van der Waals surface area contributed by atoms with E-state index >= 15 is 0 Å². The minimum Gasteiger partial charge on any atom is -0.459 e. The highest BCUT2D eigenvalue weighted by Crippen LogP contribution is 2.65. The van der Waals surface area contributed by atoms with Crippen LogP contribution in [-0.4, -0.2) is 35.3 Å². The second-order valence-electron chi connectivity index (χ2n) is 9.94. The van der Waals surface area contributed by atoms with Crippen LogP contribution >= 0.6 is 0 Å². The lowest BCUT2D eigenvalue weighted by Crippen LogP contribution is -2.57. The lowest BCUT2D eigenvalue weighted by atomic mass is 9.76. The van der Waals surface area contributed by atoms with E-state index in [1.807, 2.05) is 37.3 Å². The molecule has 4 aliphatic rings. The van der Waals surface area contributed by atoms with Crippen LogP contribution in [0.5, 0.6) is 0 Å². The van der Waals surface area contributed by atoms with Crippen molar-refractivity contribution >= 4 is 18.0 Å². The van der Waals surface area contributed by atoms with Crippen molar-refractivity contribution in [1.82, 2.24) is 0 Å². The van der Waals surface area contributed by atoms with Crippen molar-refractivity contribution in [1.29, 1.82) is 0 Å². The first-order chi connectivity index (χ1) is 15.4. The Kier molecular flexibility index (Phi) is 5.28. The quantitative estimate of drug-likeness (QED) is 0.357. The van der Waals surface area contributed by atoms with Gasteiger partial charge in [-0.25, -0.2) is 4.79 Å². The van der Waals surface area contributed by atoms with Gasteiger partial charge >= 0.3 is 11.9 Å². The molecule has 1 aromatic carbocycles. The van der Waals surface area contributed by atoms with Crippen LogP contribution in [-0.2, 0) is 23.8 Å². The van der Waals surface area contributed by atoms with Crippen molar-refractivity contribution in [3.05, 3.63) is 53.1 Å². The Morgan fingerprint density at radius 1 is 1.16 bits per heavy atom. The van der Waals surface area contributed by atoms with Crippen LogP contribution in [0.3, 0.4) is 0 Å². The molecule has 2 bridgehead atoms. The minimum absolute atomic E-state index is 0.0995. The fraction of sp³-hybridized carbons (Fsp3) is 0.556. The standard InChI is InChI=1S/C27H32O5/c1-4-22(28)30-21-16-27(19-12-13-19)25(24-17(2)10-14-20(24)26(21,3)32-27)31-23(29)15-11-18-8-6-5-7-9-18/h5-9,11,15,19-21,25H,4,10,12-14,16H2,1-3H3/b15-11+. The average Bonchev–Trinajstić information content (AvgIpc) is 3.52. The number of hydrogen-bond donors (Lipinski definition) is 0. The number of ether oxygens (including phenoxy) is 3. The molecule has 5 rings (SSSR count). The van der Waals surface area contributed by atoms with Crippen LogP contribution in [0.1, 0.15) is 64.9 Å². The molecule has 5 atom stereocenters. The van der Waals surface area contributed by atoms with E-state index < -0.39 is 17.3 Å². The van der Waals surface area contributed by atoms with Crippen molar-refractivity contribution in [2.24, 2.45) is 11.8 Å². The maximum atomic E-state index is 13.0. The van der Waals surface area contributed by atoms with Gasteiger partial charge in [0.2, 0.25) is 0 Å². The van der Waals surface area contributed by atoms with Crippen molar-refractivity contribution in [3.63, 3.8) is 0 Å². The van der Waals surface area contributed by atoms with Gasteiger partial charge in [-0.3, -0.25) is 4.79 Å². The van der Waals surface area contributed by atoms with Gasteiger partial charge < -0.3 is 14.2 Å². The number of allylic oxidation sites excluding steroid dienone is 1. The zero-order valence-corrected chi connectivity index (χ0v) is 19.1. The predicted molar refractivity (Wildman–Crippen MR) is 121 cm³/mol. The van der Waals surface area contributed by atoms with Gasteiger partial charge in [-0.05, 0) is 62.7 Å². The summed E-state index contributed by atoms with van der Waals surface area (Å²) in [5.41, 5.74) is 2.28. The van der Waals surface area contributed by atoms with Crippen LogP contribution in [0.2, 0.25) is 0 Å². The molecule has 5 heteroatoms. The van der Waals surface area contributed by atoms with E-state index in [4.69, 9.17) is 14.2 Å². The number of carbonyl (C=O) groups is 2. The van der Waals surface area contributed by atoms with Gasteiger partial charge in [0.25, 0.3) is 0 Å². The molecular formula is C27H32O5. The monoisotopic (exact) mass is 436 g/mol. The summed E-state index contributed by atoms with van der Waals surface area (Å²) in [5.74, 6) is -0.128. The molecule has 2 heterocycles. The molecule has 2 aliphatic carbocycles. The highest BCUT2D eigenvalue weighted by atomic mass is 16.6. The minimum atomic E-state index is -0.610.